The molecular weight excluding hydrogens is 411 g/mol. The number of aliphatic hydroxyl groups excluding tert-OH is 1. The molecule has 0 aliphatic carbocycles. The average Bonchev–Trinajstić information content (AvgIpc) is 3.37. The van der Waals surface area contributed by atoms with Gasteiger partial charge in [0.25, 0.3) is 0 Å². The topological polar surface area (TPSA) is 72.1 Å². The average molecular weight is 436 g/mol. The van der Waals surface area contributed by atoms with Gasteiger partial charge in [-0.3, -0.25) is 0 Å². The molecule has 1 aliphatic heterocycles. The van der Waals surface area contributed by atoms with E-state index in [1.54, 1.807) is 25.6 Å². The minimum atomic E-state index is -0.947. The first-order chi connectivity index (χ1) is 15.4. The van der Waals surface area contributed by atoms with Gasteiger partial charge in [-0.15, -0.1) is 0 Å². The predicted molar refractivity (Wildman–Crippen MR) is 120 cm³/mol. The van der Waals surface area contributed by atoms with E-state index in [9.17, 15) is 9.50 Å². The van der Waals surface area contributed by atoms with Crippen LogP contribution in [0.1, 0.15) is 23.7 Å². The second-order valence-corrected chi connectivity index (χ2v) is 7.59. The van der Waals surface area contributed by atoms with Crippen LogP contribution in [0.2, 0.25) is 0 Å². The van der Waals surface area contributed by atoms with Crippen molar-refractivity contribution in [2.24, 2.45) is 5.16 Å². The Kier molecular flexibility index (Phi) is 5.96. The molecule has 1 aromatic heterocycles. The lowest BCUT2D eigenvalue weighted by Gasteiger charge is -2.33. The first-order valence-electron chi connectivity index (χ1n) is 10.2. The number of rotatable bonds is 7. The van der Waals surface area contributed by atoms with Gasteiger partial charge in [-0.05, 0) is 42.8 Å². The molecule has 1 unspecified atom stereocenters. The molecule has 3 aromatic rings. The van der Waals surface area contributed by atoms with Crippen LogP contribution in [0, 0.1) is 12.7 Å². The molecule has 7 nitrogen and oxygen atoms in total. The van der Waals surface area contributed by atoms with Crippen molar-refractivity contribution >= 4 is 11.9 Å². The molecule has 0 bridgehead atoms. The van der Waals surface area contributed by atoms with E-state index in [4.69, 9.17) is 9.57 Å². The zero-order valence-electron chi connectivity index (χ0n) is 18.2. The van der Waals surface area contributed by atoms with Crippen LogP contribution in [0.15, 0.2) is 66.2 Å². The fourth-order valence-electron chi connectivity index (χ4n) is 3.70. The van der Waals surface area contributed by atoms with E-state index >= 15 is 0 Å². The molecule has 0 saturated heterocycles. The predicted octanol–water partition coefficient (Wildman–Crippen LogP) is 3.85. The molecule has 0 spiro atoms. The third-order valence-corrected chi connectivity index (χ3v) is 5.43. The summed E-state index contributed by atoms with van der Waals surface area (Å²) in [5, 5.41) is 13.8. The zero-order valence-corrected chi connectivity index (χ0v) is 18.2. The van der Waals surface area contributed by atoms with E-state index in [1.807, 2.05) is 59.9 Å². The lowest BCUT2D eigenvalue weighted by atomic mass is 10.0. The summed E-state index contributed by atoms with van der Waals surface area (Å²) in [5.41, 5.74) is 2.50. The molecule has 0 amide bonds. The number of hydrogen-bond donors (Lipinski definition) is 1. The van der Waals surface area contributed by atoms with E-state index in [0.29, 0.717) is 18.1 Å². The Balaban J connectivity index is 1.59. The van der Waals surface area contributed by atoms with Crippen LogP contribution < -0.4 is 4.74 Å². The van der Waals surface area contributed by atoms with Crippen molar-refractivity contribution in [2.75, 3.05) is 20.3 Å². The van der Waals surface area contributed by atoms with E-state index in [1.165, 1.54) is 12.1 Å². The maximum Gasteiger partial charge on any atom is 0.234 e. The van der Waals surface area contributed by atoms with Crippen LogP contribution in [0.3, 0.4) is 0 Å². The quantitative estimate of drug-likeness (QED) is 0.609. The molecule has 2 heterocycles. The van der Waals surface area contributed by atoms with E-state index in [2.05, 4.69) is 10.1 Å². The number of aromatic nitrogens is 2. The number of β-amino-alcohol motifs (C(OH)–C–C–N with tert-alkyl or cyclic N) is 1. The molecule has 0 fully saturated rings. The molecule has 32 heavy (non-hydrogen) atoms. The highest BCUT2D eigenvalue weighted by molar-refractivity contribution is 5.97. The number of amidine groups is 1. The largest absolute Gasteiger partial charge is 0.495 e. The van der Waals surface area contributed by atoms with Crippen LogP contribution in [-0.2, 0) is 10.6 Å². The van der Waals surface area contributed by atoms with Crippen LogP contribution in [0.25, 0.3) is 11.8 Å². The molecule has 1 atom stereocenters. The van der Waals surface area contributed by atoms with Crippen LogP contribution in [0.4, 0.5) is 4.39 Å². The summed E-state index contributed by atoms with van der Waals surface area (Å²) in [6.45, 7) is 3.99. The van der Waals surface area contributed by atoms with Gasteiger partial charge in [0.05, 0.1) is 31.4 Å². The van der Waals surface area contributed by atoms with Gasteiger partial charge in [0.15, 0.2) is 5.84 Å². The van der Waals surface area contributed by atoms with Crippen molar-refractivity contribution in [1.29, 1.82) is 0 Å². The van der Waals surface area contributed by atoms with Crippen molar-refractivity contribution in [3.8, 4) is 11.4 Å². The summed E-state index contributed by atoms with van der Waals surface area (Å²) >= 11 is 0. The Labute approximate surface area is 186 Å². The number of nitrogens with zero attached hydrogens (tertiary/aromatic N) is 4. The van der Waals surface area contributed by atoms with Gasteiger partial charge in [-0.2, -0.15) is 0 Å². The number of aryl methyl sites for hydroxylation is 1. The molecule has 1 N–H and O–H groups in total. The van der Waals surface area contributed by atoms with Crippen molar-refractivity contribution in [2.45, 2.75) is 19.6 Å². The second kappa shape index (κ2) is 8.84. The minimum Gasteiger partial charge on any atom is -0.495 e. The van der Waals surface area contributed by atoms with Crippen molar-refractivity contribution < 1.29 is 19.1 Å². The molecule has 0 saturated carbocycles. The number of ether oxygens (including phenoxy) is 1. The van der Waals surface area contributed by atoms with Crippen molar-refractivity contribution in [1.82, 2.24) is 14.5 Å². The van der Waals surface area contributed by atoms with Crippen LogP contribution in [-0.4, -0.2) is 45.7 Å². The number of aliphatic hydroxyl groups is 1. The van der Waals surface area contributed by atoms with Crippen molar-refractivity contribution in [3.05, 3.63) is 83.7 Å². The maximum absolute atomic E-state index is 13.4. The maximum atomic E-state index is 13.4. The van der Waals surface area contributed by atoms with Crippen LogP contribution >= 0.6 is 0 Å². The summed E-state index contributed by atoms with van der Waals surface area (Å²) in [6, 6.07) is 11.9. The van der Waals surface area contributed by atoms with E-state index < -0.39 is 5.72 Å². The van der Waals surface area contributed by atoms with Gasteiger partial charge < -0.3 is 24.1 Å². The Hall–Kier alpha value is -3.65. The van der Waals surface area contributed by atoms with Crippen molar-refractivity contribution in [3.63, 3.8) is 0 Å². The lowest BCUT2D eigenvalue weighted by Crippen LogP contribution is -2.44. The number of hydrogen-bond acceptors (Lipinski definition) is 6. The highest BCUT2D eigenvalue weighted by Crippen LogP contribution is 2.35. The summed E-state index contributed by atoms with van der Waals surface area (Å²) in [4.78, 5) is 11.9. The summed E-state index contributed by atoms with van der Waals surface area (Å²) in [6.07, 6.45) is 7.39. The molecule has 2 aromatic carbocycles. The van der Waals surface area contributed by atoms with Gasteiger partial charge in [0.1, 0.15) is 11.6 Å². The monoisotopic (exact) mass is 436 g/mol. The summed E-state index contributed by atoms with van der Waals surface area (Å²) in [7, 11) is 1.63. The molecular formula is C24H25FN4O3. The van der Waals surface area contributed by atoms with Gasteiger partial charge in [0, 0.05) is 25.2 Å². The molecule has 8 heteroatoms. The fraction of sp³-hybridized carbons (Fsp3) is 0.250. The lowest BCUT2D eigenvalue weighted by molar-refractivity contribution is -0.0932. The molecule has 166 valence electrons. The Morgan fingerprint density at radius 2 is 1.97 bits per heavy atom. The second-order valence-electron chi connectivity index (χ2n) is 7.59. The van der Waals surface area contributed by atoms with Crippen LogP contribution in [0.5, 0.6) is 5.75 Å². The van der Waals surface area contributed by atoms with Gasteiger partial charge >= 0.3 is 0 Å². The smallest absolute Gasteiger partial charge is 0.234 e. The third kappa shape index (κ3) is 4.09. The highest BCUT2D eigenvalue weighted by atomic mass is 19.1. The normalized spacial score (nSPS) is 18.2. The fourth-order valence-corrected chi connectivity index (χ4v) is 3.70. The third-order valence-electron chi connectivity index (χ3n) is 5.43. The Morgan fingerprint density at radius 3 is 2.62 bits per heavy atom. The molecule has 4 rings (SSSR count). The first-order valence-corrected chi connectivity index (χ1v) is 10.2. The minimum absolute atomic E-state index is 0.0835. The Bertz CT molecular complexity index is 1160. The van der Waals surface area contributed by atoms with Gasteiger partial charge in [-0.25, -0.2) is 9.37 Å². The van der Waals surface area contributed by atoms with Gasteiger partial charge in [-0.1, -0.05) is 29.4 Å². The van der Waals surface area contributed by atoms with Gasteiger partial charge in [0.2, 0.25) is 5.72 Å². The number of benzene rings is 2. The highest BCUT2D eigenvalue weighted by Gasteiger charge is 2.42. The summed E-state index contributed by atoms with van der Waals surface area (Å²) in [5.74, 6) is 0.935. The standard InChI is InChI=1S/C24H25FN4O3/c1-17-15-28(16-26-17)21-10-4-18(14-22(21)31-3)5-11-23-27-32-24(2,29(23)12-13-30)19-6-8-20(25)9-7-19/h4-11,14-16,30H,12-13H2,1-3H3/b11-5+. The molecule has 0 radical (unpaired) electrons. The number of oxime groups is 1. The molecule has 1 aliphatic rings. The van der Waals surface area contributed by atoms with E-state index in [-0.39, 0.29) is 12.4 Å². The number of methoxy groups -OCH3 is 1. The number of halogens is 1. The summed E-state index contributed by atoms with van der Waals surface area (Å²) < 4.78 is 20.9. The van der Waals surface area contributed by atoms with E-state index in [0.717, 1.165) is 22.5 Å². The number of imidazole rings is 1. The SMILES string of the molecule is COc1cc(/C=C/C2=NOC(C)(c3ccc(F)cc3)N2CCO)ccc1-n1cnc(C)c1. The zero-order chi connectivity index (χ0) is 22.7. The first kappa shape index (κ1) is 21.6. The Morgan fingerprint density at radius 1 is 1.19 bits per heavy atom.